The first-order valence-electron chi connectivity index (χ1n) is 11.8. The second-order valence-electron chi connectivity index (χ2n) is 9.17. The van der Waals surface area contributed by atoms with E-state index in [9.17, 15) is 9.18 Å². The minimum Gasteiger partial charge on any atom is -0.381 e. The van der Waals surface area contributed by atoms with E-state index in [1.165, 1.54) is 6.07 Å². The van der Waals surface area contributed by atoms with Gasteiger partial charge in [0.2, 0.25) is 0 Å². The number of pyridine rings is 2. The van der Waals surface area contributed by atoms with Crippen molar-refractivity contribution in [1.82, 2.24) is 24.8 Å². The molecule has 0 radical (unpaired) electrons. The quantitative estimate of drug-likeness (QED) is 0.452. The Morgan fingerprint density at radius 1 is 1.20 bits per heavy atom. The molecule has 180 valence electrons. The molecule has 4 aromatic rings. The number of hydrogen-bond donors (Lipinski definition) is 1. The van der Waals surface area contributed by atoms with E-state index in [-0.39, 0.29) is 11.7 Å². The van der Waals surface area contributed by atoms with Crippen LogP contribution in [0.3, 0.4) is 0 Å². The molecule has 1 atom stereocenters. The fourth-order valence-electron chi connectivity index (χ4n) is 4.51. The molecular formula is C27H28FN5O2. The monoisotopic (exact) mass is 473 g/mol. The van der Waals surface area contributed by atoms with Gasteiger partial charge in [0.15, 0.2) is 0 Å². The van der Waals surface area contributed by atoms with E-state index < -0.39 is 6.04 Å². The predicted octanol–water partition coefficient (Wildman–Crippen LogP) is 4.30. The Morgan fingerprint density at radius 2 is 2.03 bits per heavy atom. The Hall–Kier alpha value is -3.65. The molecule has 1 amide bonds. The number of rotatable bonds is 6. The van der Waals surface area contributed by atoms with Crippen LogP contribution in [0.1, 0.15) is 51.9 Å². The van der Waals surface area contributed by atoms with Gasteiger partial charge in [0.05, 0.1) is 29.8 Å². The number of halogens is 1. The summed E-state index contributed by atoms with van der Waals surface area (Å²) < 4.78 is 21.6. The minimum atomic E-state index is -0.580. The highest BCUT2D eigenvalue weighted by molar-refractivity contribution is 5.95. The van der Waals surface area contributed by atoms with Crippen molar-refractivity contribution >= 4 is 16.8 Å². The number of nitrogens with one attached hydrogen (secondary N) is 1. The van der Waals surface area contributed by atoms with E-state index in [0.717, 1.165) is 54.8 Å². The van der Waals surface area contributed by atoms with Crippen LogP contribution in [0.5, 0.6) is 0 Å². The lowest BCUT2D eigenvalue weighted by molar-refractivity contribution is 0.0663. The fourth-order valence-corrected chi connectivity index (χ4v) is 4.51. The average molecular weight is 474 g/mol. The maximum Gasteiger partial charge on any atom is 0.270 e. The first-order valence-corrected chi connectivity index (χ1v) is 11.8. The number of carbonyl (C=O) groups excluding carboxylic acids is 1. The van der Waals surface area contributed by atoms with Gasteiger partial charge in [-0.25, -0.2) is 14.4 Å². The standard InChI is InChI=1S/C27H28FN5O2/c1-17-3-4-19(12-22(17)28)26(25-15-29-16-33(25)2)32-27(34)23-6-5-20-14-30-21(13-24(20)31-23)11-18-7-9-35-10-8-18/h3-6,12-16,18,26H,7-11H2,1-2H3,(H,32,34)/t26-/m1/s1. The summed E-state index contributed by atoms with van der Waals surface area (Å²) in [7, 11) is 1.84. The van der Waals surface area contributed by atoms with Gasteiger partial charge < -0.3 is 14.6 Å². The number of amides is 1. The van der Waals surface area contributed by atoms with E-state index in [4.69, 9.17) is 4.74 Å². The Bertz CT molecular complexity index is 1360. The molecule has 0 aliphatic carbocycles. The maximum absolute atomic E-state index is 14.4. The molecule has 5 rings (SSSR count). The summed E-state index contributed by atoms with van der Waals surface area (Å²) in [5.41, 5.74) is 3.91. The molecule has 1 N–H and O–H groups in total. The summed E-state index contributed by atoms with van der Waals surface area (Å²) >= 11 is 0. The maximum atomic E-state index is 14.4. The molecule has 35 heavy (non-hydrogen) atoms. The van der Waals surface area contributed by atoms with Gasteiger partial charge >= 0.3 is 0 Å². The fraction of sp³-hybridized carbons (Fsp3) is 0.333. The second kappa shape index (κ2) is 9.92. The zero-order valence-corrected chi connectivity index (χ0v) is 19.9. The van der Waals surface area contributed by atoms with E-state index in [1.807, 2.05) is 36.0 Å². The van der Waals surface area contributed by atoms with Crippen LogP contribution in [-0.2, 0) is 18.2 Å². The number of aryl methyl sites for hydroxylation is 2. The van der Waals surface area contributed by atoms with Crippen LogP contribution in [0.2, 0.25) is 0 Å². The van der Waals surface area contributed by atoms with Crippen molar-refractivity contribution in [2.45, 2.75) is 32.2 Å². The highest BCUT2D eigenvalue weighted by Crippen LogP contribution is 2.25. The highest BCUT2D eigenvalue weighted by atomic mass is 19.1. The molecule has 0 saturated carbocycles. The lowest BCUT2D eigenvalue weighted by Gasteiger charge is -2.21. The minimum absolute atomic E-state index is 0.292. The normalized spacial score (nSPS) is 15.3. The van der Waals surface area contributed by atoms with E-state index in [1.54, 1.807) is 31.6 Å². The van der Waals surface area contributed by atoms with Gasteiger partial charge in [-0.15, -0.1) is 0 Å². The summed E-state index contributed by atoms with van der Waals surface area (Å²) in [6, 6.07) is 9.91. The van der Waals surface area contributed by atoms with Crippen LogP contribution in [0.25, 0.3) is 10.9 Å². The summed E-state index contributed by atoms with van der Waals surface area (Å²) in [5, 5.41) is 3.90. The van der Waals surface area contributed by atoms with Crippen molar-refractivity contribution in [2.24, 2.45) is 13.0 Å². The van der Waals surface area contributed by atoms with Crippen molar-refractivity contribution < 1.29 is 13.9 Å². The molecule has 1 aliphatic heterocycles. The molecule has 3 aromatic heterocycles. The van der Waals surface area contributed by atoms with Gasteiger partial charge in [-0.2, -0.15) is 0 Å². The third-order valence-corrected chi connectivity index (χ3v) is 6.66. The highest BCUT2D eigenvalue weighted by Gasteiger charge is 2.22. The summed E-state index contributed by atoms with van der Waals surface area (Å²) in [5.74, 6) is -0.117. The van der Waals surface area contributed by atoms with Crippen LogP contribution in [0, 0.1) is 18.7 Å². The van der Waals surface area contributed by atoms with Gasteiger partial charge in [0, 0.05) is 37.5 Å². The van der Waals surface area contributed by atoms with Crippen LogP contribution < -0.4 is 5.32 Å². The van der Waals surface area contributed by atoms with Crippen molar-refractivity contribution in [3.8, 4) is 0 Å². The lowest BCUT2D eigenvalue weighted by atomic mass is 9.94. The van der Waals surface area contributed by atoms with Gasteiger partial charge in [-0.05, 0) is 67.5 Å². The van der Waals surface area contributed by atoms with E-state index >= 15 is 0 Å². The number of imidazole rings is 1. The SMILES string of the molecule is Cc1ccc([C@@H](NC(=O)c2ccc3cnc(CC4CCOCC4)cc3n2)c2cncn2C)cc1F. The first-order chi connectivity index (χ1) is 17.0. The second-order valence-corrected chi connectivity index (χ2v) is 9.17. The molecule has 0 spiro atoms. The van der Waals surface area contributed by atoms with Crippen molar-refractivity contribution in [2.75, 3.05) is 13.2 Å². The summed E-state index contributed by atoms with van der Waals surface area (Å²) in [6.07, 6.45) is 8.07. The lowest BCUT2D eigenvalue weighted by Crippen LogP contribution is -2.31. The summed E-state index contributed by atoms with van der Waals surface area (Å²) in [6.45, 7) is 3.30. The molecule has 7 nitrogen and oxygen atoms in total. The van der Waals surface area contributed by atoms with Crippen LogP contribution >= 0.6 is 0 Å². The van der Waals surface area contributed by atoms with Gasteiger partial charge in [0.1, 0.15) is 11.5 Å². The van der Waals surface area contributed by atoms with E-state index in [0.29, 0.717) is 22.7 Å². The van der Waals surface area contributed by atoms with Crippen molar-refractivity contribution in [3.63, 3.8) is 0 Å². The number of carbonyl (C=O) groups is 1. The van der Waals surface area contributed by atoms with Crippen molar-refractivity contribution in [1.29, 1.82) is 0 Å². The molecule has 0 unspecified atom stereocenters. The third-order valence-electron chi connectivity index (χ3n) is 6.66. The number of ether oxygens (including phenoxy) is 1. The van der Waals surface area contributed by atoms with Crippen LogP contribution in [-0.4, -0.2) is 38.6 Å². The molecule has 1 aromatic carbocycles. The first kappa shape index (κ1) is 23.1. The topological polar surface area (TPSA) is 81.9 Å². The zero-order chi connectivity index (χ0) is 24.4. The number of benzene rings is 1. The molecule has 1 aliphatic rings. The molecule has 8 heteroatoms. The zero-order valence-electron chi connectivity index (χ0n) is 19.9. The molecule has 1 saturated heterocycles. The summed E-state index contributed by atoms with van der Waals surface area (Å²) in [4.78, 5) is 26.7. The Labute approximate surface area is 203 Å². The number of nitrogens with zero attached hydrogens (tertiary/aromatic N) is 4. The van der Waals surface area contributed by atoms with Gasteiger partial charge in [-0.3, -0.25) is 9.78 Å². The van der Waals surface area contributed by atoms with Gasteiger partial charge in [-0.1, -0.05) is 12.1 Å². The number of hydrogen-bond acceptors (Lipinski definition) is 5. The third kappa shape index (κ3) is 5.07. The number of aromatic nitrogens is 4. The Kier molecular flexibility index (Phi) is 6.55. The predicted molar refractivity (Wildman–Crippen MR) is 130 cm³/mol. The van der Waals surface area contributed by atoms with E-state index in [2.05, 4.69) is 20.3 Å². The van der Waals surface area contributed by atoms with Crippen LogP contribution in [0.4, 0.5) is 4.39 Å². The average Bonchev–Trinajstić information content (AvgIpc) is 3.29. The Morgan fingerprint density at radius 3 is 2.77 bits per heavy atom. The van der Waals surface area contributed by atoms with Crippen LogP contribution in [0.15, 0.2) is 55.1 Å². The van der Waals surface area contributed by atoms with Gasteiger partial charge in [0.25, 0.3) is 5.91 Å². The smallest absolute Gasteiger partial charge is 0.270 e. The molecule has 4 heterocycles. The van der Waals surface area contributed by atoms with Crippen molar-refractivity contribution in [3.05, 3.63) is 89.1 Å². The molecule has 0 bridgehead atoms. The Balaban J connectivity index is 1.42. The molecule has 1 fully saturated rings. The molecular weight excluding hydrogens is 445 g/mol. The number of fused-ring (bicyclic) bond motifs is 1. The largest absolute Gasteiger partial charge is 0.381 e.